The van der Waals surface area contributed by atoms with Gasteiger partial charge in [0.15, 0.2) is 0 Å². The first kappa shape index (κ1) is 9.82. The Bertz CT molecular complexity index is 475. The summed E-state index contributed by atoms with van der Waals surface area (Å²) in [6, 6.07) is 9.97. The summed E-state index contributed by atoms with van der Waals surface area (Å²) in [5.74, 6) is 0. The van der Waals surface area contributed by atoms with Crippen LogP contribution < -0.4 is 0 Å². The summed E-state index contributed by atoms with van der Waals surface area (Å²) in [4.78, 5) is 0. The van der Waals surface area contributed by atoms with Crippen molar-refractivity contribution in [2.24, 2.45) is 0 Å². The fourth-order valence-corrected chi connectivity index (χ4v) is 2.08. The molecule has 0 heterocycles. The molecule has 0 N–H and O–H groups in total. The van der Waals surface area contributed by atoms with Gasteiger partial charge in [-0.2, -0.15) is 0 Å². The molecule has 2 aromatic carbocycles. The van der Waals surface area contributed by atoms with Crippen LogP contribution in [0.15, 0.2) is 30.3 Å². The van der Waals surface area contributed by atoms with Gasteiger partial charge in [0.05, 0.1) is 10.0 Å². The van der Waals surface area contributed by atoms with Gasteiger partial charge in [-0.05, 0) is 28.8 Å². The molecule has 0 aliphatic rings. The molecule has 0 saturated carbocycles. The van der Waals surface area contributed by atoms with E-state index in [1.165, 1.54) is 0 Å². The Morgan fingerprint density at radius 3 is 2.57 bits per heavy atom. The smallest absolute Gasteiger partial charge is 0.0633 e. The van der Waals surface area contributed by atoms with Gasteiger partial charge in [0.2, 0.25) is 0 Å². The van der Waals surface area contributed by atoms with Crippen molar-refractivity contribution in [2.75, 3.05) is 0 Å². The Kier molecular flexibility index (Phi) is 2.66. The second-order valence-corrected chi connectivity index (χ2v) is 3.88. The zero-order chi connectivity index (χ0) is 10.1. The van der Waals surface area contributed by atoms with E-state index in [-0.39, 0.29) is 0 Å². The van der Waals surface area contributed by atoms with E-state index in [2.05, 4.69) is 0 Å². The molecule has 0 bridgehead atoms. The van der Waals surface area contributed by atoms with E-state index in [0.29, 0.717) is 10.0 Å². The molecule has 1 radical (unpaired) electrons. The molecule has 14 heavy (non-hydrogen) atoms. The molecule has 0 saturated heterocycles. The summed E-state index contributed by atoms with van der Waals surface area (Å²) >= 11 is 12.1. The van der Waals surface area contributed by atoms with Crippen molar-refractivity contribution in [1.82, 2.24) is 0 Å². The van der Waals surface area contributed by atoms with Gasteiger partial charge in [0, 0.05) is 0 Å². The molecule has 0 unspecified atom stereocenters. The average Bonchev–Trinajstić information content (AvgIpc) is 2.20. The van der Waals surface area contributed by atoms with Crippen LogP contribution in [-0.2, 0) is 0 Å². The first-order valence-electron chi connectivity index (χ1n) is 4.40. The van der Waals surface area contributed by atoms with Crippen molar-refractivity contribution < 1.29 is 0 Å². The fourth-order valence-electron chi connectivity index (χ4n) is 1.60. The lowest BCUT2D eigenvalue weighted by Crippen LogP contribution is -1.85. The minimum atomic E-state index is 0.610. The largest absolute Gasteiger partial charge is 0.0827 e. The van der Waals surface area contributed by atoms with Crippen LogP contribution in [0.4, 0.5) is 0 Å². The van der Waals surface area contributed by atoms with Crippen molar-refractivity contribution in [3.8, 4) is 0 Å². The molecule has 0 spiro atoms. The molecule has 71 valence electrons. The van der Waals surface area contributed by atoms with E-state index in [1.807, 2.05) is 43.7 Å². The van der Waals surface area contributed by atoms with E-state index < -0.39 is 0 Å². The molecular weight excluding hydrogens is 215 g/mol. The zero-order valence-electron chi connectivity index (χ0n) is 7.72. The molecule has 0 aliphatic carbocycles. The number of benzene rings is 2. The van der Waals surface area contributed by atoms with Gasteiger partial charge in [0.1, 0.15) is 0 Å². The monoisotopic (exact) mass is 223 g/mol. The zero-order valence-corrected chi connectivity index (χ0v) is 9.23. The van der Waals surface area contributed by atoms with Crippen LogP contribution in [0.25, 0.3) is 10.8 Å². The topological polar surface area (TPSA) is 0 Å². The van der Waals surface area contributed by atoms with Gasteiger partial charge in [0.25, 0.3) is 0 Å². The molecule has 0 amide bonds. The maximum Gasteiger partial charge on any atom is 0.0633 e. The summed E-state index contributed by atoms with van der Waals surface area (Å²) in [6.07, 6.45) is 1.98. The standard InChI is InChI=1S/C12H9Cl2/c1-2-9-10-6-4-3-5-8(10)7-11(13)12(9)14/h2-7H,1H3. The summed E-state index contributed by atoms with van der Waals surface area (Å²) in [5, 5.41) is 3.51. The summed E-state index contributed by atoms with van der Waals surface area (Å²) in [5.41, 5.74) is 1.01. The van der Waals surface area contributed by atoms with Crippen LogP contribution in [0.2, 0.25) is 10.0 Å². The average molecular weight is 224 g/mol. The Balaban J connectivity index is 2.89. The second-order valence-electron chi connectivity index (χ2n) is 3.10. The Morgan fingerprint density at radius 1 is 1.14 bits per heavy atom. The molecule has 0 nitrogen and oxygen atoms in total. The van der Waals surface area contributed by atoms with Crippen LogP contribution in [0.1, 0.15) is 12.5 Å². The highest BCUT2D eigenvalue weighted by molar-refractivity contribution is 6.43. The molecular formula is C12H9Cl2. The summed E-state index contributed by atoms with van der Waals surface area (Å²) in [7, 11) is 0. The highest BCUT2D eigenvalue weighted by Crippen LogP contribution is 2.33. The quantitative estimate of drug-likeness (QED) is 0.657. The SMILES string of the molecule is C[CH]c1c(Cl)c(Cl)cc2ccccc12. The number of hydrogen-bond acceptors (Lipinski definition) is 0. The third kappa shape index (κ3) is 1.49. The predicted molar refractivity (Wildman–Crippen MR) is 63.0 cm³/mol. The number of rotatable bonds is 1. The van der Waals surface area contributed by atoms with Crippen molar-refractivity contribution >= 4 is 34.0 Å². The molecule has 2 aromatic rings. The molecule has 0 fully saturated rings. The lowest BCUT2D eigenvalue weighted by Gasteiger charge is -2.08. The van der Waals surface area contributed by atoms with Crippen molar-refractivity contribution in [3.05, 3.63) is 52.4 Å². The summed E-state index contributed by atoms with van der Waals surface area (Å²) < 4.78 is 0. The van der Waals surface area contributed by atoms with Gasteiger partial charge in [-0.3, -0.25) is 0 Å². The molecule has 0 atom stereocenters. The lowest BCUT2D eigenvalue weighted by atomic mass is 10.0. The Hall–Kier alpha value is -0.720. The van der Waals surface area contributed by atoms with Crippen LogP contribution >= 0.6 is 23.2 Å². The normalized spacial score (nSPS) is 10.8. The van der Waals surface area contributed by atoms with Crippen LogP contribution in [0, 0.1) is 6.42 Å². The molecule has 0 aliphatic heterocycles. The van der Waals surface area contributed by atoms with Gasteiger partial charge < -0.3 is 0 Å². The lowest BCUT2D eigenvalue weighted by molar-refractivity contribution is 1.46. The first-order chi connectivity index (χ1) is 6.74. The van der Waals surface area contributed by atoms with Gasteiger partial charge in [-0.1, -0.05) is 54.4 Å². The fraction of sp³-hybridized carbons (Fsp3) is 0.0833. The maximum absolute atomic E-state index is 6.11. The van der Waals surface area contributed by atoms with Crippen molar-refractivity contribution in [1.29, 1.82) is 0 Å². The van der Waals surface area contributed by atoms with E-state index in [1.54, 1.807) is 0 Å². The third-order valence-electron chi connectivity index (χ3n) is 2.27. The first-order valence-corrected chi connectivity index (χ1v) is 5.15. The predicted octanol–water partition coefficient (Wildman–Crippen LogP) is 4.72. The highest BCUT2D eigenvalue weighted by atomic mass is 35.5. The highest BCUT2D eigenvalue weighted by Gasteiger charge is 2.08. The number of halogens is 2. The van der Waals surface area contributed by atoms with E-state index in [4.69, 9.17) is 23.2 Å². The summed E-state index contributed by atoms with van der Waals surface area (Å²) in [6.45, 7) is 1.96. The maximum atomic E-state index is 6.11. The van der Waals surface area contributed by atoms with Gasteiger partial charge in [-0.15, -0.1) is 0 Å². The van der Waals surface area contributed by atoms with E-state index >= 15 is 0 Å². The van der Waals surface area contributed by atoms with Gasteiger partial charge >= 0.3 is 0 Å². The van der Waals surface area contributed by atoms with E-state index in [0.717, 1.165) is 16.3 Å². The minimum absolute atomic E-state index is 0.610. The molecule has 0 aromatic heterocycles. The number of hydrogen-bond donors (Lipinski definition) is 0. The Morgan fingerprint density at radius 2 is 1.86 bits per heavy atom. The number of fused-ring (bicyclic) bond motifs is 1. The molecule has 2 heteroatoms. The third-order valence-corrected chi connectivity index (χ3v) is 3.07. The van der Waals surface area contributed by atoms with E-state index in [9.17, 15) is 0 Å². The van der Waals surface area contributed by atoms with Gasteiger partial charge in [-0.25, -0.2) is 0 Å². The Labute approximate surface area is 93.4 Å². The van der Waals surface area contributed by atoms with Crippen LogP contribution in [0.5, 0.6) is 0 Å². The van der Waals surface area contributed by atoms with Crippen molar-refractivity contribution in [3.63, 3.8) is 0 Å². The van der Waals surface area contributed by atoms with Crippen molar-refractivity contribution in [2.45, 2.75) is 6.92 Å². The van der Waals surface area contributed by atoms with Crippen LogP contribution in [0.3, 0.4) is 0 Å². The molecule has 2 rings (SSSR count). The minimum Gasteiger partial charge on any atom is -0.0827 e. The second kappa shape index (κ2) is 3.80. The van der Waals surface area contributed by atoms with Crippen LogP contribution in [-0.4, -0.2) is 0 Å².